The third-order valence-electron chi connectivity index (χ3n) is 4.54. The molecule has 0 bridgehead atoms. The van der Waals surface area contributed by atoms with E-state index in [0.29, 0.717) is 18.2 Å². The van der Waals surface area contributed by atoms with E-state index in [1.54, 1.807) is 6.33 Å². The highest BCUT2D eigenvalue weighted by Gasteiger charge is 2.25. The zero-order valence-corrected chi connectivity index (χ0v) is 15.0. The van der Waals surface area contributed by atoms with Crippen LogP contribution in [0, 0.1) is 0 Å². The van der Waals surface area contributed by atoms with Gasteiger partial charge in [0, 0.05) is 11.6 Å². The number of nitrogens with zero attached hydrogens (tertiary/aromatic N) is 2. The second-order valence-electron chi connectivity index (χ2n) is 6.66. The van der Waals surface area contributed by atoms with E-state index in [4.69, 9.17) is 4.74 Å². The predicted octanol–water partition coefficient (Wildman–Crippen LogP) is 3.72. The van der Waals surface area contributed by atoms with Crippen molar-refractivity contribution in [1.82, 2.24) is 15.3 Å². The van der Waals surface area contributed by atoms with Crippen LogP contribution in [0.25, 0.3) is 11.1 Å². The summed E-state index contributed by atoms with van der Waals surface area (Å²) in [6.07, 6.45) is 3.96. The molecular formula is C22H21N3O2. The van der Waals surface area contributed by atoms with E-state index < -0.39 is 0 Å². The zero-order chi connectivity index (χ0) is 18.5. The first-order chi connectivity index (χ1) is 13.3. The van der Waals surface area contributed by atoms with Crippen molar-refractivity contribution in [3.05, 3.63) is 78.4 Å². The minimum atomic E-state index is -0.172. The van der Waals surface area contributed by atoms with Crippen molar-refractivity contribution in [3.63, 3.8) is 0 Å². The van der Waals surface area contributed by atoms with Crippen molar-refractivity contribution in [2.24, 2.45) is 0 Å². The molecule has 1 N–H and O–H groups in total. The molecule has 3 aromatic rings. The van der Waals surface area contributed by atoms with Crippen molar-refractivity contribution < 1.29 is 9.53 Å². The van der Waals surface area contributed by atoms with Crippen molar-refractivity contribution >= 4 is 5.91 Å². The second-order valence-corrected chi connectivity index (χ2v) is 6.66. The van der Waals surface area contributed by atoms with Crippen LogP contribution in [0.4, 0.5) is 0 Å². The summed E-state index contributed by atoms with van der Waals surface area (Å²) in [5.41, 5.74) is 4.16. The lowest BCUT2D eigenvalue weighted by Gasteiger charge is -2.09. The summed E-state index contributed by atoms with van der Waals surface area (Å²) in [6, 6.07) is 19.8. The third kappa shape index (κ3) is 4.70. The smallest absolute Gasteiger partial charge is 0.258 e. The molecule has 0 radical (unpaired) electrons. The molecule has 1 aliphatic rings. The molecule has 0 saturated heterocycles. The first kappa shape index (κ1) is 17.2. The fourth-order valence-electron chi connectivity index (χ4n) is 2.88. The van der Waals surface area contributed by atoms with E-state index >= 15 is 0 Å². The Balaban J connectivity index is 1.26. The van der Waals surface area contributed by atoms with Crippen LogP contribution in [-0.4, -0.2) is 22.5 Å². The molecule has 1 aliphatic carbocycles. The summed E-state index contributed by atoms with van der Waals surface area (Å²) in [5, 5.41) is 2.84. The molecule has 4 rings (SSSR count). The summed E-state index contributed by atoms with van der Waals surface area (Å²) in [5.74, 6) is 1.07. The fraction of sp³-hybridized carbons (Fsp3) is 0.227. The number of hydrogen-bond acceptors (Lipinski definition) is 4. The van der Waals surface area contributed by atoms with Gasteiger partial charge in [-0.1, -0.05) is 42.5 Å². The van der Waals surface area contributed by atoms with Crippen LogP contribution in [0.15, 0.2) is 67.0 Å². The Hall–Kier alpha value is -3.21. The van der Waals surface area contributed by atoms with Crippen LogP contribution < -0.4 is 10.1 Å². The van der Waals surface area contributed by atoms with Crippen LogP contribution >= 0.6 is 0 Å². The summed E-state index contributed by atoms with van der Waals surface area (Å²) < 4.78 is 5.57. The van der Waals surface area contributed by atoms with Gasteiger partial charge in [0.1, 0.15) is 12.1 Å². The molecule has 1 saturated carbocycles. The van der Waals surface area contributed by atoms with Crippen LogP contribution in [0.3, 0.4) is 0 Å². The lowest BCUT2D eigenvalue weighted by Crippen LogP contribution is -2.28. The predicted molar refractivity (Wildman–Crippen MR) is 103 cm³/mol. The standard InChI is InChI=1S/C22H21N3O2/c26-22(23-13-19-12-21(18-6-7-18)25-15-24-19)14-27-20-10-8-17(9-11-20)16-4-2-1-3-5-16/h1-5,8-12,15,18H,6-7,13-14H2,(H,23,26). The zero-order valence-electron chi connectivity index (χ0n) is 15.0. The van der Waals surface area contributed by atoms with Crippen molar-refractivity contribution in [3.8, 4) is 16.9 Å². The molecule has 1 amide bonds. The van der Waals surface area contributed by atoms with E-state index in [2.05, 4.69) is 27.4 Å². The molecule has 0 aliphatic heterocycles. The SMILES string of the molecule is O=C(COc1ccc(-c2ccccc2)cc1)NCc1cc(C2CC2)ncn1. The number of amides is 1. The summed E-state index contributed by atoms with van der Waals surface area (Å²) in [7, 11) is 0. The van der Waals surface area contributed by atoms with E-state index in [9.17, 15) is 4.79 Å². The Labute approximate surface area is 158 Å². The number of hydrogen-bond donors (Lipinski definition) is 1. The number of benzene rings is 2. The molecule has 2 aromatic carbocycles. The third-order valence-corrected chi connectivity index (χ3v) is 4.54. The highest BCUT2D eigenvalue weighted by Crippen LogP contribution is 2.38. The number of rotatable bonds is 7. The average molecular weight is 359 g/mol. The molecule has 0 atom stereocenters. The Kier molecular flexibility index (Phi) is 5.10. The van der Waals surface area contributed by atoms with Crippen molar-refractivity contribution in [2.75, 3.05) is 6.61 Å². The number of ether oxygens (including phenoxy) is 1. The van der Waals surface area contributed by atoms with Gasteiger partial charge < -0.3 is 10.1 Å². The Morgan fingerprint density at radius 1 is 1.00 bits per heavy atom. The Morgan fingerprint density at radius 3 is 2.48 bits per heavy atom. The van der Waals surface area contributed by atoms with Crippen LogP contribution in [0.1, 0.15) is 30.1 Å². The first-order valence-corrected chi connectivity index (χ1v) is 9.14. The Morgan fingerprint density at radius 2 is 1.74 bits per heavy atom. The molecule has 1 heterocycles. The molecule has 1 aromatic heterocycles. The molecule has 5 heteroatoms. The number of carbonyl (C=O) groups excluding carboxylic acids is 1. The molecule has 1 fully saturated rings. The minimum absolute atomic E-state index is 0.0226. The summed E-state index contributed by atoms with van der Waals surface area (Å²) in [4.78, 5) is 20.5. The lowest BCUT2D eigenvalue weighted by molar-refractivity contribution is -0.123. The van der Waals surface area contributed by atoms with Gasteiger partial charge in [-0.2, -0.15) is 0 Å². The minimum Gasteiger partial charge on any atom is -0.484 e. The largest absolute Gasteiger partial charge is 0.484 e. The highest BCUT2D eigenvalue weighted by molar-refractivity contribution is 5.77. The quantitative estimate of drug-likeness (QED) is 0.698. The van der Waals surface area contributed by atoms with Crippen LogP contribution in [0.2, 0.25) is 0 Å². The van der Waals surface area contributed by atoms with Gasteiger partial charge in [0.15, 0.2) is 6.61 Å². The molecule has 5 nitrogen and oxygen atoms in total. The molecule has 0 spiro atoms. The molecule has 27 heavy (non-hydrogen) atoms. The molecular weight excluding hydrogens is 338 g/mol. The second kappa shape index (κ2) is 7.99. The van der Waals surface area contributed by atoms with Gasteiger partial charge in [-0.3, -0.25) is 4.79 Å². The van der Waals surface area contributed by atoms with Gasteiger partial charge in [0.2, 0.25) is 0 Å². The summed E-state index contributed by atoms with van der Waals surface area (Å²) >= 11 is 0. The maximum Gasteiger partial charge on any atom is 0.258 e. The Bertz CT molecular complexity index is 906. The maximum absolute atomic E-state index is 12.0. The summed E-state index contributed by atoms with van der Waals surface area (Å²) in [6.45, 7) is 0.364. The van der Waals surface area contributed by atoms with Gasteiger partial charge in [-0.05, 0) is 42.2 Å². The lowest BCUT2D eigenvalue weighted by atomic mass is 10.1. The van der Waals surface area contributed by atoms with E-state index in [-0.39, 0.29) is 12.5 Å². The number of aromatic nitrogens is 2. The topological polar surface area (TPSA) is 64.1 Å². The van der Waals surface area contributed by atoms with Crippen LogP contribution in [0.5, 0.6) is 5.75 Å². The highest BCUT2D eigenvalue weighted by atomic mass is 16.5. The van der Waals surface area contributed by atoms with E-state index in [1.807, 2.05) is 48.5 Å². The van der Waals surface area contributed by atoms with Gasteiger partial charge in [0.25, 0.3) is 5.91 Å². The monoisotopic (exact) mass is 359 g/mol. The first-order valence-electron chi connectivity index (χ1n) is 9.14. The van der Waals surface area contributed by atoms with Gasteiger partial charge >= 0.3 is 0 Å². The van der Waals surface area contributed by atoms with Gasteiger partial charge in [-0.15, -0.1) is 0 Å². The van der Waals surface area contributed by atoms with Gasteiger partial charge in [0.05, 0.1) is 12.2 Å². The van der Waals surface area contributed by atoms with Crippen molar-refractivity contribution in [1.29, 1.82) is 0 Å². The normalized spacial score (nSPS) is 13.2. The maximum atomic E-state index is 12.0. The molecule has 136 valence electrons. The molecule has 0 unspecified atom stereocenters. The van der Waals surface area contributed by atoms with E-state index in [1.165, 1.54) is 12.8 Å². The van der Waals surface area contributed by atoms with E-state index in [0.717, 1.165) is 22.5 Å². The van der Waals surface area contributed by atoms with Gasteiger partial charge in [-0.25, -0.2) is 9.97 Å². The number of carbonyl (C=O) groups is 1. The number of nitrogens with one attached hydrogen (secondary N) is 1. The van der Waals surface area contributed by atoms with Crippen LogP contribution in [-0.2, 0) is 11.3 Å². The van der Waals surface area contributed by atoms with Crippen molar-refractivity contribution in [2.45, 2.75) is 25.3 Å². The average Bonchev–Trinajstić information content (AvgIpc) is 3.57. The fourth-order valence-corrected chi connectivity index (χ4v) is 2.88.